The van der Waals surface area contributed by atoms with Crippen molar-refractivity contribution in [2.24, 2.45) is 0 Å². The standard InChI is InChI=1S/C16H12O2.C14H12.2C2H6.CH4/c1-3-9-17-15-7-5-13-6-8-16(18-10-4-2)12-14(13)11-15;1-10-11-6-2-4-8-13(11)14-9-5-3-7-12(10)14;2*1-2;/h1-2,5-8,11-12H,9-10H2;2-10H,1H3;2*1-2H3;1H4. The highest BCUT2D eigenvalue weighted by molar-refractivity contribution is 5.85. The van der Waals surface area contributed by atoms with Gasteiger partial charge in [-0.05, 0) is 57.3 Å². The largest absolute Gasteiger partial charge is 0.481 e. The molecule has 0 heterocycles. The van der Waals surface area contributed by atoms with E-state index >= 15 is 0 Å². The second-order valence-electron chi connectivity index (χ2n) is 7.55. The Bertz CT molecular complexity index is 1220. The number of fused-ring (bicyclic) bond motifs is 4. The predicted molar refractivity (Wildman–Crippen MR) is 161 cm³/mol. The molecule has 0 radical (unpaired) electrons. The lowest BCUT2D eigenvalue weighted by atomic mass is 10.00. The number of benzene rings is 4. The van der Waals surface area contributed by atoms with E-state index in [1.54, 1.807) is 0 Å². The van der Waals surface area contributed by atoms with Crippen LogP contribution in [-0.2, 0) is 0 Å². The van der Waals surface area contributed by atoms with E-state index in [1.165, 1.54) is 22.3 Å². The normalized spacial score (nSPS) is 10.1. The molecule has 0 saturated carbocycles. The summed E-state index contributed by atoms with van der Waals surface area (Å²) in [6, 6.07) is 29.0. The van der Waals surface area contributed by atoms with E-state index in [0.717, 1.165) is 22.3 Å². The Labute approximate surface area is 224 Å². The van der Waals surface area contributed by atoms with E-state index < -0.39 is 0 Å². The summed E-state index contributed by atoms with van der Waals surface area (Å²) in [5, 5.41) is 2.13. The fraction of sp³-hybridized carbons (Fsp3) is 0.257. The summed E-state index contributed by atoms with van der Waals surface area (Å²) in [4.78, 5) is 0. The maximum absolute atomic E-state index is 5.37. The van der Waals surface area contributed by atoms with Crippen LogP contribution in [0.3, 0.4) is 0 Å². The topological polar surface area (TPSA) is 18.5 Å². The third-order valence-corrected chi connectivity index (χ3v) is 5.57. The van der Waals surface area contributed by atoms with E-state index in [0.29, 0.717) is 5.92 Å². The maximum Gasteiger partial charge on any atom is 0.148 e. The predicted octanol–water partition coefficient (Wildman–Crippen LogP) is 9.37. The lowest BCUT2D eigenvalue weighted by molar-refractivity contribution is 0.369. The molecule has 5 rings (SSSR count). The molecule has 0 saturated heterocycles. The first-order valence-electron chi connectivity index (χ1n) is 12.6. The van der Waals surface area contributed by atoms with Crippen molar-refractivity contribution >= 4 is 10.8 Å². The first kappa shape index (κ1) is 30.9. The highest BCUT2D eigenvalue weighted by Crippen LogP contribution is 2.43. The van der Waals surface area contributed by atoms with Crippen molar-refractivity contribution in [2.45, 2.75) is 48.0 Å². The van der Waals surface area contributed by atoms with Crippen LogP contribution < -0.4 is 9.47 Å². The summed E-state index contributed by atoms with van der Waals surface area (Å²) >= 11 is 0. The second-order valence-corrected chi connectivity index (χ2v) is 7.55. The van der Waals surface area contributed by atoms with E-state index in [1.807, 2.05) is 64.1 Å². The van der Waals surface area contributed by atoms with Crippen molar-refractivity contribution in [3.63, 3.8) is 0 Å². The van der Waals surface area contributed by atoms with Crippen molar-refractivity contribution in [3.05, 3.63) is 96.1 Å². The van der Waals surface area contributed by atoms with Crippen molar-refractivity contribution < 1.29 is 9.47 Å². The van der Waals surface area contributed by atoms with E-state index in [9.17, 15) is 0 Å². The Morgan fingerprint density at radius 2 is 1.03 bits per heavy atom. The number of hydrogen-bond donors (Lipinski definition) is 0. The lowest BCUT2D eigenvalue weighted by Crippen LogP contribution is -1.94. The molecule has 0 aliphatic heterocycles. The van der Waals surface area contributed by atoms with Gasteiger partial charge >= 0.3 is 0 Å². The molecule has 2 nitrogen and oxygen atoms in total. The molecule has 0 atom stereocenters. The molecule has 0 aromatic heterocycles. The zero-order valence-corrected chi connectivity index (χ0v) is 22.0. The Kier molecular flexibility index (Phi) is 13.8. The molecule has 0 N–H and O–H groups in total. The van der Waals surface area contributed by atoms with Gasteiger partial charge < -0.3 is 9.47 Å². The third-order valence-electron chi connectivity index (χ3n) is 5.57. The van der Waals surface area contributed by atoms with Crippen molar-refractivity contribution in [2.75, 3.05) is 13.2 Å². The summed E-state index contributed by atoms with van der Waals surface area (Å²) in [6.45, 7) is 10.8. The minimum Gasteiger partial charge on any atom is -0.481 e. The van der Waals surface area contributed by atoms with Gasteiger partial charge in [0, 0.05) is 5.92 Å². The van der Waals surface area contributed by atoms with Crippen molar-refractivity contribution in [1.82, 2.24) is 0 Å². The molecular formula is C35H40O2. The Morgan fingerprint density at radius 3 is 1.43 bits per heavy atom. The first-order valence-corrected chi connectivity index (χ1v) is 12.6. The lowest BCUT2D eigenvalue weighted by Gasteiger charge is -2.06. The summed E-state index contributed by atoms with van der Waals surface area (Å²) in [5.74, 6) is 6.92. The number of terminal acetylenes is 2. The summed E-state index contributed by atoms with van der Waals surface area (Å²) < 4.78 is 10.7. The fourth-order valence-corrected chi connectivity index (χ4v) is 4.04. The Balaban J connectivity index is 0.000000324. The van der Waals surface area contributed by atoms with Crippen LogP contribution in [0.4, 0.5) is 0 Å². The smallest absolute Gasteiger partial charge is 0.148 e. The fourth-order valence-electron chi connectivity index (χ4n) is 4.04. The van der Waals surface area contributed by atoms with Crippen LogP contribution in [0, 0.1) is 24.7 Å². The minimum atomic E-state index is 0. The van der Waals surface area contributed by atoms with Crippen molar-refractivity contribution in [1.29, 1.82) is 0 Å². The molecular weight excluding hydrogens is 452 g/mol. The molecule has 0 amide bonds. The molecule has 4 aromatic carbocycles. The molecule has 0 spiro atoms. The minimum absolute atomic E-state index is 0. The average Bonchev–Trinajstić information content (AvgIpc) is 3.25. The molecule has 37 heavy (non-hydrogen) atoms. The SMILES string of the molecule is C.C#CCOc1ccc2ccc(OCC#C)cc2c1.CC.CC.CC1c2ccccc2-c2ccccc21. The summed E-state index contributed by atoms with van der Waals surface area (Å²) in [6.07, 6.45) is 10.3. The molecule has 0 unspecified atom stereocenters. The molecule has 1 aliphatic carbocycles. The number of ether oxygens (including phenoxy) is 2. The molecule has 0 bridgehead atoms. The summed E-state index contributed by atoms with van der Waals surface area (Å²) in [5.41, 5.74) is 5.76. The van der Waals surface area contributed by atoms with Crippen LogP contribution in [0.25, 0.3) is 21.9 Å². The summed E-state index contributed by atoms with van der Waals surface area (Å²) in [7, 11) is 0. The third kappa shape index (κ3) is 7.93. The first-order chi connectivity index (χ1) is 17.7. The van der Waals surface area contributed by atoms with Gasteiger partial charge in [-0.15, -0.1) is 12.8 Å². The van der Waals surface area contributed by atoms with E-state index in [-0.39, 0.29) is 20.6 Å². The van der Waals surface area contributed by atoms with Gasteiger partial charge in [0.25, 0.3) is 0 Å². The number of rotatable bonds is 4. The zero-order chi connectivity index (χ0) is 26.3. The van der Waals surface area contributed by atoms with Gasteiger partial charge in [-0.25, -0.2) is 0 Å². The Morgan fingerprint density at radius 1 is 0.622 bits per heavy atom. The van der Waals surface area contributed by atoms with E-state index in [4.69, 9.17) is 22.3 Å². The average molecular weight is 493 g/mol. The van der Waals surface area contributed by atoms with Crippen molar-refractivity contribution in [3.8, 4) is 47.3 Å². The molecule has 1 aliphatic rings. The van der Waals surface area contributed by atoms with Gasteiger partial charge in [0.1, 0.15) is 24.7 Å². The highest BCUT2D eigenvalue weighted by atomic mass is 16.5. The van der Waals surface area contributed by atoms with Gasteiger partial charge in [0.2, 0.25) is 0 Å². The monoisotopic (exact) mass is 492 g/mol. The molecule has 192 valence electrons. The van der Waals surface area contributed by atoms with Crippen LogP contribution in [0.5, 0.6) is 11.5 Å². The van der Waals surface area contributed by atoms with Crippen LogP contribution >= 0.6 is 0 Å². The molecule has 4 aromatic rings. The van der Waals surface area contributed by atoms with Gasteiger partial charge in [0.05, 0.1) is 0 Å². The van der Waals surface area contributed by atoms with Crippen LogP contribution in [0.2, 0.25) is 0 Å². The highest BCUT2D eigenvalue weighted by Gasteiger charge is 2.23. The molecule has 2 heteroatoms. The van der Waals surface area contributed by atoms with Gasteiger partial charge in [-0.3, -0.25) is 0 Å². The van der Waals surface area contributed by atoms with Gasteiger partial charge in [-0.2, -0.15) is 0 Å². The zero-order valence-electron chi connectivity index (χ0n) is 22.0. The van der Waals surface area contributed by atoms with Crippen LogP contribution in [-0.4, -0.2) is 13.2 Å². The maximum atomic E-state index is 5.37. The van der Waals surface area contributed by atoms with Gasteiger partial charge in [0.15, 0.2) is 0 Å². The number of hydrogen-bond acceptors (Lipinski definition) is 2. The van der Waals surface area contributed by atoms with Gasteiger partial charge in [-0.1, -0.05) is 115 Å². The van der Waals surface area contributed by atoms with Crippen LogP contribution in [0.15, 0.2) is 84.9 Å². The Hall–Kier alpha value is -4.14. The quantitative estimate of drug-likeness (QED) is 0.264. The second kappa shape index (κ2) is 16.5. The molecule has 0 fully saturated rings. The van der Waals surface area contributed by atoms with E-state index in [2.05, 4.69) is 67.3 Å². The van der Waals surface area contributed by atoms with Crippen LogP contribution in [0.1, 0.15) is 59.1 Å².